The molecule has 1 unspecified atom stereocenters. The van der Waals surface area contributed by atoms with Gasteiger partial charge in [0.15, 0.2) is 0 Å². The van der Waals surface area contributed by atoms with Crippen LogP contribution in [0.1, 0.15) is 20.8 Å². The Morgan fingerprint density at radius 2 is 1.79 bits per heavy atom. The highest BCUT2D eigenvalue weighted by molar-refractivity contribution is 5.43. The molecular weight excluding hydrogens is 242 g/mol. The summed E-state index contributed by atoms with van der Waals surface area (Å²) < 4.78 is 0. The van der Waals surface area contributed by atoms with Crippen LogP contribution in [0.25, 0.3) is 0 Å². The lowest BCUT2D eigenvalue weighted by molar-refractivity contribution is 0.698. The second-order valence-corrected chi connectivity index (χ2v) is 4.38. The predicted molar refractivity (Wildman–Crippen MR) is 75.8 cm³/mol. The van der Waals surface area contributed by atoms with Crippen LogP contribution in [-0.2, 0) is 0 Å². The van der Waals surface area contributed by atoms with E-state index in [2.05, 4.69) is 21.0 Å². The van der Waals surface area contributed by atoms with Crippen molar-refractivity contribution in [1.29, 1.82) is 5.26 Å². The van der Waals surface area contributed by atoms with Crippen molar-refractivity contribution in [2.75, 3.05) is 42.2 Å². The van der Waals surface area contributed by atoms with Crippen LogP contribution in [0.2, 0.25) is 0 Å². The molecule has 0 aromatic carbocycles. The average molecular weight is 263 g/mol. The summed E-state index contributed by atoms with van der Waals surface area (Å²) in [6, 6.07) is 2.19. The molecule has 0 saturated carbocycles. The first kappa shape index (κ1) is 15.0. The van der Waals surface area contributed by atoms with Gasteiger partial charge in [0.2, 0.25) is 17.8 Å². The third kappa shape index (κ3) is 3.95. The van der Waals surface area contributed by atoms with Crippen LogP contribution in [0.5, 0.6) is 0 Å². The van der Waals surface area contributed by atoms with E-state index in [0.29, 0.717) is 18.4 Å². The first-order valence-electron chi connectivity index (χ1n) is 6.39. The molecule has 1 heterocycles. The van der Waals surface area contributed by atoms with E-state index in [-0.39, 0.29) is 11.9 Å². The Balaban J connectivity index is 2.99. The fourth-order valence-electron chi connectivity index (χ4n) is 1.72. The number of rotatable bonds is 6. The number of nitrogen functional groups attached to an aromatic ring is 1. The molecule has 0 bridgehead atoms. The van der Waals surface area contributed by atoms with E-state index >= 15 is 0 Å². The highest BCUT2D eigenvalue weighted by Crippen LogP contribution is 2.15. The molecule has 19 heavy (non-hydrogen) atoms. The van der Waals surface area contributed by atoms with Crippen LogP contribution in [0, 0.1) is 17.2 Å². The van der Waals surface area contributed by atoms with Gasteiger partial charge in [-0.05, 0) is 20.8 Å². The minimum absolute atomic E-state index is 0.0973. The predicted octanol–water partition coefficient (Wildman–Crippen LogP) is 0.896. The summed E-state index contributed by atoms with van der Waals surface area (Å²) in [5.41, 5.74) is 5.73. The Hall–Kier alpha value is -2.10. The maximum atomic E-state index is 8.84. The van der Waals surface area contributed by atoms with Crippen LogP contribution < -0.4 is 15.5 Å². The quantitative estimate of drug-likeness (QED) is 0.814. The number of hydrogen-bond acceptors (Lipinski definition) is 7. The standard InChI is InChI=1S/C12H21N7/c1-5-19(6-2)12-16-10(14)15-11(17-12)18(4)8-9(3)7-13/h9H,5-6,8H2,1-4H3,(H2,14,15,16,17). The maximum absolute atomic E-state index is 8.84. The number of hydrogen-bond donors (Lipinski definition) is 1. The molecule has 7 nitrogen and oxygen atoms in total. The van der Waals surface area contributed by atoms with Gasteiger partial charge in [-0.2, -0.15) is 20.2 Å². The van der Waals surface area contributed by atoms with Crippen molar-refractivity contribution in [3.8, 4) is 6.07 Å². The Labute approximate surface area is 114 Å². The fraction of sp³-hybridized carbons (Fsp3) is 0.667. The molecular formula is C12H21N7. The normalized spacial score (nSPS) is 11.7. The Morgan fingerprint density at radius 3 is 2.32 bits per heavy atom. The van der Waals surface area contributed by atoms with Crippen LogP contribution in [0.4, 0.5) is 17.8 Å². The van der Waals surface area contributed by atoms with E-state index < -0.39 is 0 Å². The lowest BCUT2D eigenvalue weighted by Gasteiger charge is -2.22. The Kier molecular flexibility index (Phi) is 5.30. The van der Waals surface area contributed by atoms with Gasteiger partial charge in [0, 0.05) is 26.7 Å². The minimum atomic E-state index is -0.0973. The summed E-state index contributed by atoms with van der Waals surface area (Å²) in [4.78, 5) is 16.5. The fourth-order valence-corrected chi connectivity index (χ4v) is 1.72. The molecule has 0 aliphatic heterocycles. The summed E-state index contributed by atoms with van der Waals surface area (Å²) in [5, 5.41) is 8.84. The summed E-state index contributed by atoms with van der Waals surface area (Å²) in [7, 11) is 1.84. The van der Waals surface area contributed by atoms with Gasteiger partial charge >= 0.3 is 0 Å². The molecule has 1 aromatic rings. The van der Waals surface area contributed by atoms with Gasteiger partial charge < -0.3 is 15.5 Å². The first-order valence-corrected chi connectivity index (χ1v) is 6.39. The van der Waals surface area contributed by atoms with Gasteiger partial charge in [-0.15, -0.1) is 0 Å². The molecule has 0 aliphatic rings. The van der Waals surface area contributed by atoms with Gasteiger partial charge in [-0.1, -0.05) is 0 Å². The maximum Gasteiger partial charge on any atom is 0.231 e. The van der Waals surface area contributed by atoms with E-state index in [4.69, 9.17) is 11.0 Å². The Bertz CT molecular complexity index is 450. The molecule has 0 aliphatic carbocycles. The molecule has 1 atom stereocenters. The van der Waals surface area contributed by atoms with Crippen molar-refractivity contribution < 1.29 is 0 Å². The molecule has 0 saturated heterocycles. The zero-order valence-electron chi connectivity index (χ0n) is 12.0. The van der Waals surface area contributed by atoms with E-state index in [9.17, 15) is 0 Å². The smallest absolute Gasteiger partial charge is 0.231 e. The van der Waals surface area contributed by atoms with Gasteiger partial charge in [0.05, 0.1) is 12.0 Å². The molecule has 104 valence electrons. The summed E-state index contributed by atoms with van der Waals surface area (Å²) in [6.45, 7) is 8.08. The molecule has 0 radical (unpaired) electrons. The zero-order chi connectivity index (χ0) is 14.4. The summed E-state index contributed by atoms with van der Waals surface area (Å²) >= 11 is 0. The summed E-state index contributed by atoms with van der Waals surface area (Å²) in [5.74, 6) is 1.17. The van der Waals surface area contributed by atoms with E-state index in [1.165, 1.54) is 0 Å². The highest BCUT2D eigenvalue weighted by Gasteiger charge is 2.14. The van der Waals surface area contributed by atoms with Gasteiger partial charge in [0.1, 0.15) is 0 Å². The molecule has 1 rings (SSSR count). The largest absolute Gasteiger partial charge is 0.368 e. The van der Waals surface area contributed by atoms with Gasteiger partial charge in [0.25, 0.3) is 0 Å². The second-order valence-electron chi connectivity index (χ2n) is 4.38. The zero-order valence-corrected chi connectivity index (χ0v) is 12.0. The summed E-state index contributed by atoms with van der Waals surface area (Å²) in [6.07, 6.45) is 0. The molecule has 0 fully saturated rings. The monoisotopic (exact) mass is 263 g/mol. The lowest BCUT2D eigenvalue weighted by atomic mass is 10.2. The number of nitriles is 1. The third-order valence-electron chi connectivity index (χ3n) is 2.78. The van der Waals surface area contributed by atoms with E-state index in [0.717, 1.165) is 13.1 Å². The minimum Gasteiger partial charge on any atom is -0.368 e. The van der Waals surface area contributed by atoms with Gasteiger partial charge in [-0.3, -0.25) is 0 Å². The number of anilines is 3. The second kappa shape index (κ2) is 6.73. The van der Waals surface area contributed by atoms with Crippen LogP contribution in [0.15, 0.2) is 0 Å². The molecule has 2 N–H and O–H groups in total. The molecule has 0 amide bonds. The van der Waals surface area contributed by atoms with Crippen molar-refractivity contribution in [2.45, 2.75) is 20.8 Å². The van der Waals surface area contributed by atoms with Crippen molar-refractivity contribution in [3.05, 3.63) is 0 Å². The van der Waals surface area contributed by atoms with E-state index in [1.807, 2.05) is 37.6 Å². The van der Waals surface area contributed by atoms with Crippen LogP contribution >= 0.6 is 0 Å². The van der Waals surface area contributed by atoms with Crippen LogP contribution in [0.3, 0.4) is 0 Å². The topological polar surface area (TPSA) is 95.0 Å². The average Bonchev–Trinajstić information content (AvgIpc) is 2.39. The number of nitrogens with two attached hydrogens (primary N) is 1. The van der Waals surface area contributed by atoms with Crippen molar-refractivity contribution in [1.82, 2.24) is 15.0 Å². The molecule has 7 heteroatoms. The highest BCUT2D eigenvalue weighted by atomic mass is 15.3. The van der Waals surface area contributed by atoms with Crippen molar-refractivity contribution >= 4 is 17.8 Å². The first-order chi connectivity index (χ1) is 9.01. The lowest BCUT2D eigenvalue weighted by Crippen LogP contribution is -2.29. The molecule has 1 aromatic heterocycles. The van der Waals surface area contributed by atoms with Crippen molar-refractivity contribution in [3.63, 3.8) is 0 Å². The number of nitrogens with zero attached hydrogens (tertiary/aromatic N) is 6. The third-order valence-corrected chi connectivity index (χ3v) is 2.78. The number of aromatic nitrogens is 3. The SMILES string of the molecule is CCN(CC)c1nc(N)nc(N(C)CC(C)C#N)n1. The van der Waals surface area contributed by atoms with Crippen LogP contribution in [-0.4, -0.2) is 41.6 Å². The van der Waals surface area contributed by atoms with Gasteiger partial charge in [-0.25, -0.2) is 0 Å². The van der Waals surface area contributed by atoms with E-state index in [1.54, 1.807) is 0 Å². The Morgan fingerprint density at radius 1 is 1.21 bits per heavy atom. The molecule has 0 spiro atoms. The van der Waals surface area contributed by atoms with Crippen molar-refractivity contribution in [2.24, 2.45) is 5.92 Å².